The summed E-state index contributed by atoms with van der Waals surface area (Å²) < 4.78 is 1.69. The van der Waals surface area contributed by atoms with E-state index in [1.165, 1.54) is 6.20 Å². The summed E-state index contributed by atoms with van der Waals surface area (Å²) in [5.74, 6) is -0.561. The van der Waals surface area contributed by atoms with Crippen LogP contribution >= 0.6 is 0 Å². The highest BCUT2D eigenvalue weighted by molar-refractivity contribution is 6.09. The van der Waals surface area contributed by atoms with Crippen molar-refractivity contribution in [2.45, 2.75) is 18.9 Å². The number of imide groups is 1. The van der Waals surface area contributed by atoms with Crippen LogP contribution < -0.4 is 10.7 Å². The van der Waals surface area contributed by atoms with Crippen molar-refractivity contribution in [2.75, 3.05) is 0 Å². The third-order valence-electron chi connectivity index (χ3n) is 4.88. The molecule has 2 N–H and O–H groups in total. The van der Waals surface area contributed by atoms with Crippen molar-refractivity contribution in [1.82, 2.24) is 30.3 Å². The predicted octanol–water partition coefficient (Wildman–Crippen LogP) is 1.77. The van der Waals surface area contributed by atoms with Gasteiger partial charge in [0.05, 0.1) is 5.56 Å². The van der Waals surface area contributed by atoms with Gasteiger partial charge in [0.25, 0.3) is 11.8 Å². The molecule has 3 aromatic rings. The van der Waals surface area contributed by atoms with E-state index in [4.69, 9.17) is 0 Å². The average molecular weight is 390 g/mol. The van der Waals surface area contributed by atoms with Gasteiger partial charge >= 0.3 is 6.03 Å². The standard InChI is InChI=1S/C20H18N6O3/c1-2-20(15-6-4-3-5-7-15)18(28)26(19(29)23-20)24-17(27)14-8-9-16(22-12-14)25-11-10-21-13-25/h3-13H,2H2,1H3,(H,23,29)(H,24,27). The van der Waals surface area contributed by atoms with Gasteiger partial charge in [-0.25, -0.2) is 14.8 Å². The maximum atomic E-state index is 13.0. The van der Waals surface area contributed by atoms with Crippen LogP contribution in [0.2, 0.25) is 0 Å². The molecule has 29 heavy (non-hydrogen) atoms. The second-order valence-corrected chi connectivity index (χ2v) is 6.51. The van der Waals surface area contributed by atoms with Crippen molar-refractivity contribution in [3.05, 3.63) is 78.5 Å². The van der Waals surface area contributed by atoms with Crippen LogP contribution in [0, 0.1) is 0 Å². The molecule has 9 nitrogen and oxygen atoms in total. The van der Waals surface area contributed by atoms with E-state index >= 15 is 0 Å². The fourth-order valence-corrected chi connectivity index (χ4v) is 3.27. The summed E-state index contributed by atoms with van der Waals surface area (Å²) >= 11 is 0. The van der Waals surface area contributed by atoms with Crippen molar-refractivity contribution in [3.8, 4) is 5.82 Å². The van der Waals surface area contributed by atoms with E-state index in [9.17, 15) is 14.4 Å². The van der Waals surface area contributed by atoms with Gasteiger partial charge in [-0.3, -0.25) is 19.6 Å². The van der Waals surface area contributed by atoms with Crippen molar-refractivity contribution < 1.29 is 14.4 Å². The Morgan fingerprint density at radius 3 is 2.59 bits per heavy atom. The first-order valence-corrected chi connectivity index (χ1v) is 9.03. The van der Waals surface area contributed by atoms with Crippen LogP contribution in [0.15, 0.2) is 67.4 Å². The van der Waals surface area contributed by atoms with Crippen LogP contribution in [0.1, 0.15) is 29.3 Å². The zero-order valence-electron chi connectivity index (χ0n) is 15.6. The number of carbonyl (C=O) groups is 3. The number of hydrogen-bond acceptors (Lipinski definition) is 5. The molecule has 2 aromatic heterocycles. The molecule has 3 heterocycles. The minimum Gasteiger partial charge on any atom is -0.318 e. The Hall–Kier alpha value is -4.01. The second kappa shape index (κ2) is 7.19. The molecule has 0 spiro atoms. The van der Waals surface area contributed by atoms with Gasteiger partial charge in [-0.2, -0.15) is 5.01 Å². The minimum atomic E-state index is -1.21. The number of hydrazine groups is 1. The molecule has 1 unspecified atom stereocenters. The van der Waals surface area contributed by atoms with Crippen LogP contribution in [0.5, 0.6) is 0 Å². The lowest BCUT2D eigenvalue weighted by Gasteiger charge is -2.25. The fraction of sp³-hybridized carbons (Fsp3) is 0.150. The molecular weight excluding hydrogens is 372 g/mol. The molecular formula is C20H18N6O3. The second-order valence-electron chi connectivity index (χ2n) is 6.51. The maximum absolute atomic E-state index is 13.0. The summed E-state index contributed by atoms with van der Waals surface area (Å²) in [4.78, 5) is 46.2. The molecule has 1 fully saturated rings. The first-order chi connectivity index (χ1) is 14.0. The maximum Gasteiger partial charge on any atom is 0.344 e. The van der Waals surface area contributed by atoms with Gasteiger partial charge in [-0.05, 0) is 24.1 Å². The number of aromatic nitrogens is 3. The molecule has 1 aliphatic heterocycles. The predicted molar refractivity (Wildman–Crippen MR) is 103 cm³/mol. The SMILES string of the molecule is CCC1(c2ccccc2)NC(=O)N(NC(=O)c2ccc(-n3ccnc3)nc2)C1=O. The Bertz CT molecular complexity index is 1050. The van der Waals surface area contributed by atoms with Crippen molar-refractivity contribution >= 4 is 17.8 Å². The molecule has 1 atom stereocenters. The lowest BCUT2D eigenvalue weighted by Crippen LogP contribution is -2.48. The van der Waals surface area contributed by atoms with Gasteiger partial charge in [0.15, 0.2) is 0 Å². The number of pyridine rings is 1. The van der Waals surface area contributed by atoms with E-state index in [1.54, 1.807) is 66.6 Å². The summed E-state index contributed by atoms with van der Waals surface area (Å²) in [6, 6.07) is 11.5. The van der Waals surface area contributed by atoms with Gasteiger partial charge in [0.1, 0.15) is 17.7 Å². The molecule has 1 saturated heterocycles. The molecule has 4 rings (SSSR count). The van der Waals surface area contributed by atoms with Gasteiger partial charge in [0, 0.05) is 18.6 Å². The number of amides is 4. The summed E-state index contributed by atoms with van der Waals surface area (Å²) in [5, 5.41) is 3.44. The van der Waals surface area contributed by atoms with Crippen molar-refractivity contribution in [1.29, 1.82) is 0 Å². The Morgan fingerprint density at radius 1 is 1.17 bits per heavy atom. The first-order valence-electron chi connectivity index (χ1n) is 9.03. The van der Waals surface area contributed by atoms with Crippen LogP contribution in [-0.4, -0.2) is 37.4 Å². The van der Waals surface area contributed by atoms with Crippen molar-refractivity contribution in [3.63, 3.8) is 0 Å². The van der Waals surface area contributed by atoms with E-state index in [1.807, 2.05) is 6.07 Å². The topological polar surface area (TPSA) is 109 Å². The Morgan fingerprint density at radius 2 is 1.97 bits per heavy atom. The lowest BCUT2D eigenvalue weighted by atomic mass is 9.87. The summed E-state index contributed by atoms with van der Waals surface area (Å²) in [7, 11) is 0. The van der Waals surface area contributed by atoms with Gasteiger partial charge in [-0.1, -0.05) is 37.3 Å². The Kier molecular flexibility index (Phi) is 4.55. The molecule has 4 amide bonds. The minimum absolute atomic E-state index is 0.211. The average Bonchev–Trinajstić information content (AvgIpc) is 3.38. The molecule has 9 heteroatoms. The largest absolute Gasteiger partial charge is 0.344 e. The van der Waals surface area contributed by atoms with Gasteiger partial charge < -0.3 is 5.32 Å². The number of nitrogens with one attached hydrogen (secondary N) is 2. The van der Waals surface area contributed by atoms with E-state index < -0.39 is 23.4 Å². The number of hydrogen-bond donors (Lipinski definition) is 2. The third kappa shape index (κ3) is 3.12. The van der Waals surface area contributed by atoms with Crippen LogP contribution in [0.3, 0.4) is 0 Å². The summed E-state index contributed by atoms with van der Waals surface area (Å²) in [6.07, 6.45) is 6.64. The number of imidazole rings is 1. The Labute approximate surface area is 166 Å². The molecule has 0 bridgehead atoms. The normalized spacial score (nSPS) is 18.6. The molecule has 1 aliphatic rings. The molecule has 1 aromatic carbocycles. The van der Waals surface area contributed by atoms with E-state index in [-0.39, 0.29) is 5.56 Å². The van der Waals surface area contributed by atoms with Gasteiger partial charge in [-0.15, -0.1) is 0 Å². The molecule has 0 aliphatic carbocycles. The zero-order chi connectivity index (χ0) is 20.4. The van der Waals surface area contributed by atoms with Crippen LogP contribution in [-0.2, 0) is 10.3 Å². The van der Waals surface area contributed by atoms with Crippen LogP contribution in [0.4, 0.5) is 4.79 Å². The quantitative estimate of drug-likeness (QED) is 0.646. The number of benzene rings is 1. The van der Waals surface area contributed by atoms with Crippen molar-refractivity contribution in [2.24, 2.45) is 0 Å². The smallest absolute Gasteiger partial charge is 0.318 e. The molecule has 0 radical (unpaired) electrons. The summed E-state index contributed by atoms with van der Waals surface area (Å²) in [6.45, 7) is 1.80. The highest BCUT2D eigenvalue weighted by Crippen LogP contribution is 2.31. The van der Waals surface area contributed by atoms with E-state index in [0.29, 0.717) is 17.8 Å². The zero-order valence-corrected chi connectivity index (χ0v) is 15.6. The number of rotatable bonds is 5. The Balaban J connectivity index is 1.54. The third-order valence-corrected chi connectivity index (χ3v) is 4.88. The highest BCUT2D eigenvalue weighted by Gasteiger charge is 2.52. The van der Waals surface area contributed by atoms with Gasteiger partial charge in [0.2, 0.25) is 0 Å². The molecule has 146 valence electrons. The van der Waals surface area contributed by atoms with Crippen LogP contribution in [0.25, 0.3) is 5.82 Å². The first kappa shape index (κ1) is 18.4. The summed E-state index contributed by atoms with van der Waals surface area (Å²) in [5.41, 5.74) is 2.04. The number of urea groups is 1. The van der Waals surface area contributed by atoms with E-state index in [2.05, 4.69) is 20.7 Å². The lowest BCUT2D eigenvalue weighted by molar-refractivity contribution is -0.133. The highest BCUT2D eigenvalue weighted by atomic mass is 16.2. The fourth-order valence-electron chi connectivity index (χ4n) is 3.27. The molecule has 0 saturated carbocycles. The van der Waals surface area contributed by atoms with E-state index in [0.717, 1.165) is 5.01 Å². The monoisotopic (exact) mass is 390 g/mol. The number of nitrogens with zero attached hydrogens (tertiary/aromatic N) is 4. The number of carbonyl (C=O) groups excluding carboxylic acids is 3.